The van der Waals surface area contributed by atoms with Crippen LogP contribution in [0.4, 0.5) is 5.69 Å². The van der Waals surface area contributed by atoms with Crippen molar-refractivity contribution in [2.24, 2.45) is 0 Å². The number of carboxylic acid groups (broad SMARTS) is 1. The lowest BCUT2D eigenvalue weighted by molar-refractivity contribution is -0.143. The van der Waals surface area contributed by atoms with Crippen LogP contribution in [0.5, 0.6) is 0 Å². The van der Waals surface area contributed by atoms with Crippen LogP contribution in [0, 0.1) is 0 Å². The molecule has 20 heavy (non-hydrogen) atoms. The van der Waals surface area contributed by atoms with E-state index in [-0.39, 0.29) is 31.3 Å². The van der Waals surface area contributed by atoms with E-state index in [0.29, 0.717) is 6.42 Å². The summed E-state index contributed by atoms with van der Waals surface area (Å²) >= 11 is 0. The van der Waals surface area contributed by atoms with Gasteiger partial charge in [0.05, 0.1) is 13.1 Å². The number of rotatable bonds is 4. The van der Waals surface area contributed by atoms with E-state index in [2.05, 4.69) is 0 Å². The molecule has 1 aliphatic heterocycles. The summed E-state index contributed by atoms with van der Waals surface area (Å²) in [6, 6.07) is 7.27. The molecule has 0 aliphatic carbocycles. The monoisotopic (exact) mass is 276 g/mol. The van der Waals surface area contributed by atoms with Gasteiger partial charge in [-0.3, -0.25) is 19.3 Å². The van der Waals surface area contributed by atoms with Crippen molar-refractivity contribution in [1.29, 1.82) is 0 Å². The highest BCUT2D eigenvalue weighted by molar-refractivity contribution is 6.02. The number of likely N-dealkylation sites (N-methyl/N-ethyl adjacent to an activating group) is 1. The summed E-state index contributed by atoms with van der Waals surface area (Å²) in [6.07, 6.45) is 0.396. The molecule has 2 amide bonds. The van der Waals surface area contributed by atoms with Crippen LogP contribution >= 0.6 is 0 Å². The fourth-order valence-electron chi connectivity index (χ4n) is 2.18. The quantitative estimate of drug-likeness (QED) is 0.811. The number of carbonyl (C=O) groups is 3. The van der Waals surface area contributed by atoms with Gasteiger partial charge in [-0.05, 0) is 18.1 Å². The van der Waals surface area contributed by atoms with Crippen molar-refractivity contribution < 1.29 is 19.5 Å². The first kappa shape index (κ1) is 14.0. The van der Waals surface area contributed by atoms with E-state index < -0.39 is 5.97 Å². The highest BCUT2D eigenvalue weighted by Crippen LogP contribution is 2.23. The summed E-state index contributed by atoms with van der Waals surface area (Å²) in [4.78, 5) is 37.0. The molecule has 6 nitrogen and oxygen atoms in total. The third-order valence-corrected chi connectivity index (χ3v) is 3.34. The van der Waals surface area contributed by atoms with Crippen LogP contribution in [0.25, 0.3) is 0 Å². The van der Waals surface area contributed by atoms with Gasteiger partial charge in [0.2, 0.25) is 11.8 Å². The van der Waals surface area contributed by atoms with Crippen LogP contribution in [-0.2, 0) is 20.8 Å². The Bertz CT molecular complexity index is 538. The maximum Gasteiger partial charge on any atom is 0.303 e. The molecule has 1 N–H and O–H groups in total. The molecule has 0 aromatic heterocycles. The van der Waals surface area contributed by atoms with Crippen molar-refractivity contribution in [1.82, 2.24) is 4.90 Å². The average molecular weight is 276 g/mol. The van der Waals surface area contributed by atoms with E-state index in [1.807, 2.05) is 24.3 Å². The van der Waals surface area contributed by atoms with Gasteiger partial charge in [-0.1, -0.05) is 18.2 Å². The number of hydrogen-bond donors (Lipinski definition) is 1. The van der Waals surface area contributed by atoms with E-state index in [9.17, 15) is 14.4 Å². The second-order valence-corrected chi connectivity index (χ2v) is 4.73. The molecule has 106 valence electrons. The number of imide groups is 1. The Balaban J connectivity index is 2.22. The SMILES string of the molecule is CN1C(=O)CN(c2ccccc2CCC(=O)O)CC1=O. The third-order valence-electron chi connectivity index (χ3n) is 3.34. The Morgan fingerprint density at radius 3 is 2.40 bits per heavy atom. The third kappa shape index (κ3) is 2.96. The number of piperazine rings is 1. The van der Waals surface area contributed by atoms with E-state index in [4.69, 9.17) is 5.11 Å². The second-order valence-electron chi connectivity index (χ2n) is 4.73. The molecule has 1 aromatic rings. The van der Waals surface area contributed by atoms with E-state index in [1.165, 1.54) is 7.05 Å². The summed E-state index contributed by atoms with van der Waals surface area (Å²) in [6.45, 7) is 0.263. The van der Waals surface area contributed by atoms with Crippen molar-refractivity contribution in [3.8, 4) is 0 Å². The van der Waals surface area contributed by atoms with E-state index in [0.717, 1.165) is 16.2 Å². The van der Waals surface area contributed by atoms with Crippen LogP contribution in [0.2, 0.25) is 0 Å². The number of benzene rings is 1. The first-order chi connectivity index (χ1) is 9.49. The van der Waals surface area contributed by atoms with Gasteiger partial charge in [0.1, 0.15) is 0 Å². The zero-order chi connectivity index (χ0) is 14.7. The van der Waals surface area contributed by atoms with Gasteiger partial charge in [-0.25, -0.2) is 0 Å². The molecule has 1 saturated heterocycles. The first-order valence-corrected chi connectivity index (χ1v) is 6.33. The summed E-state index contributed by atoms with van der Waals surface area (Å²) in [5.41, 5.74) is 1.59. The summed E-state index contributed by atoms with van der Waals surface area (Å²) in [7, 11) is 1.47. The fraction of sp³-hybridized carbons (Fsp3) is 0.357. The Morgan fingerprint density at radius 2 is 1.80 bits per heavy atom. The highest BCUT2D eigenvalue weighted by atomic mass is 16.4. The zero-order valence-electron chi connectivity index (χ0n) is 11.2. The first-order valence-electron chi connectivity index (χ1n) is 6.33. The number of carboxylic acids is 1. The second kappa shape index (κ2) is 5.73. The molecule has 1 fully saturated rings. The highest BCUT2D eigenvalue weighted by Gasteiger charge is 2.29. The predicted octanol–water partition coefficient (Wildman–Crippen LogP) is 0.509. The van der Waals surface area contributed by atoms with Gasteiger partial charge in [-0.15, -0.1) is 0 Å². The average Bonchev–Trinajstić information content (AvgIpc) is 2.42. The number of hydrogen-bond acceptors (Lipinski definition) is 4. The van der Waals surface area contributed by atoms with Crippen molar-refractivity contribution in [3.05, 3.63) is 29.8 Å². The van der Waals surface area contributed by atoms with Crippen LogP contribution in [0.3, 0.4) is 0 Å². The number of carbonyl (C=O) groups excluding carboxylic acids is 2. The minimum atomic E-state index is -0.870. The van der Waals surface area contributed by atoms with Crippen molar-refractivity contribution in [3.63, 3.8) is 0 Å². The van der Waals surface area contributed by atoms with E-state index >= 15 is 0 Å². The van der Waals surface area contributed by atoms with Crippen molar-refractivity contribution in [2.45, 2.75) is 12.8 Å². The van der Waals surface area contributed by atoms with Gasteiger partial charge in [-0.2, -0.15) is 0 Å². The fourth-order valence-corrected chi connectivity index (χ4v) is 2.18. The normalized spacial score (nSPS) is 15.7. The molecule has 6 heteroatoms. The molecule has 0 atom stereocenters. The lowest BCUT2D eigenvalue weighted by Gasteiger charge is -2.33. The molecule has 2 rings (SSSR count). The summed E-state index contributed by atoms with van der Waals surface area (Å²) in [5.74, 6) is -1.38. The smallest absolute Gasteiger partial charge is 0.303 e. The number of aliphatic carboxylic acids is 1. The number of nitrogens with zero attached hydrogens (tertiary/aromatic N) is 2. The molecule has 0 spiro atoms. The number of anilines is 1. The number of para-hydroxylation sites is 1. The lowest BCUT2D eigenvalue weighted by atomic mass is 10.1. The zero-order valence-corrected chi connectivity index (χ0v) is 11.2. The molecular formula is C14H16N2O4. The maximum atomic E-state index is 11.7. The topological polar surface area (TPSA) is 77.9 Å². The largest absolute Gasteiger partial charge is 0.481 e. The van der Waals surface area contributed by atoms with Gasteiger partial charge in [0.15, 0.2) is 0 Å². The predicted molar refractivity (Wildman–Crippen MR) is 72.4 cm³/mol. The molecule has 0 saturated carbocycles. The van der Waals surface area contributed by atoms with Crippen LogP contribution < -0.4 is 4.90 Å². The Hall–Kier alpha value is -2.37. The standard InChI is InChI=1S/C14H16N2O4/c1-15-12(17)8-16(9-13(15)18)11-5-3-2-4-10(11)6-7-14(19)20/h2-5H,6-9H2,1H3,(H,19,20). The molecule has 1 aromatic carbocycles. The van der Waals surface area contributed by atoms with E-state index in [1.54, 1.807) is 4.90 Å². The van der Waals surface area contributed by atoms with Crippen LogP contribution in [0.1, 0.15) is 12.0 Å². The lowest BCUT2D eigenvalue weighted by Crippen LogP contribution is -2.52. The van der Waals surface area contributed by atoms with Gasteiger partial charge >= 0.3 is 5.97 Å². The van der Waals surface area contributed by atoms with Gasteiger partial charge < -0.3 is 10.0 Å². The molecule has 0 bridgehead atoms. The Labute approximate surface area is 116 Å². The van der Waals surface area contributed by atoms with Crippen LogP contribution in [0.15, 0.2) is 24.3 Å². The summed E-state index contributed by atoms with van der Waals surface area (Å²) in [5, 5.41) is 8.77. The minimum Gasteiger partial charge on any atom is -0.481 e. The van der Waals surface area contributed by atoms with Crippen LogP contribution in [-0.4, -0.2) is 47.9 Å². The Kier molecular flexibility index (Phi) is 4.02. The van der Waals surface area contributed by atoms with Crippen molar-refractivity contribution in [2.75, 3.05) is 25.0 Å². The minimum absolute atomic E-state index is 0.0205. The molecular weight excluding hydrogens is 260 g/mol. The summed E-state index contributed by atoms with van der Waals surface area (Å²) < 4.78 is 0. The number of amides is 2. The molecule has 1 heterocycles. The molecule has 0 unspecified atom stereocenters. The number of aryl methyl sites for hydroxylation is 1. The molecule has 0 radical (unpaired) electrons. The maximum absolute atomic E-state index is 11.7. The van der Waals surface area contributed by atoms with Gasteiger partial charge in [0, 0.05) is 19.2 Å². The molecule has 1 aliphatic rings. The van der Waals surface area contributed by atoms with Gasteiger partial charge in [0.25, 0.3) is 0 Å². The van der Waals surface area contributed by atoms with Crippen molar-refractivity contribution >= 4 is 23.5 Å². The Morgan fingerprint density at radius 1 is 1.20 bits per heavy atom.